The van der Waals surface area contributed by atoms with Gasteiger partial charge in [-0.1, -0.05) is 0 Å². The molecule has 4 nitrogen and oxygen atoms in total. The second-order valence-corrected chi connectivity index (χ2v) is 1.10. The van der Waals surface area contributed by atoms with Crippen molar-refractivity contribution < 1.29 is 23.5 Å². The molecular weight excluding hydrogens is 119 g/mol. The van der Waals surface area contributed by atoms with Crippen LogP contribution in [0.5, 0.6) is 0 Å². The lowest BCUT2D eigenvalue weighted by molar-refractivity contribution is -0.142. The smallest absolute Gasteiger partial charge is 0.387 e. The van der Waals surface area contributed by atoms with Crippen LogP contribution in [-0.4, -0.2) is 18.5 Å². The van der Waals surface area contributed by atoms with E-state index in [2.05, 4.69) is 9.47 Å². The zero-order chi connectivity index (χ0) is 6.15. The fraction of sp³-hybridized carbons (Fsp3) is 0.333. The van der Waals surface area contributed by atoms with Crippen molar-refractivity contribution in [1.82, 2.24) is 0 Å². The summed E-state index contributed by atoms with van der Waals surface area (Å²) in [6.45, 7) is 0. The van der Waals surface area contributed by atoms with Crippen LogP contribution in [0.4, 0.5) is 9.18 Å². The van der Waals surface area contributed by atoms with Gasteiger partial charge in [0.05, 0.1) is 0 Å². The molecule has 1 fully saturated rings. The highest BCUT2D eigenvalue weighted by Crippen LogP contribution is 2.07. The Morgan fingerprint density at radius 1 is 1.50 bits per heavy atom. The average Bonchev–Trinajstić information content (AvgIpc) is 1.85. The highest BCUT2D eigenvalue weighted by molar-refractivity contribution is 5.89. The number of alkyl halides is 1. The van der Waals surface area contributed by atoms with Gasteiger partial charge in [0.2, 0.25) is 0 Å². The van der Waals surface area contributed by atoms with Crippen LogP contribution in [0.2, 0.25) is 0 Å². The summed E-state index contributed by atoms with van der Waals surface area (Å²) < 4.78 is 18.8. The standard InChI is InChI=1S/C3HFO4/c4-1-2(5)8-3(6)7-1/h1H. The highest BCUT2D eigenvalue weighted by atomic mass is 19.1. The van der Waals surface area contributed by atoms with Crippen molar-refractivity contribution in [3.05, 3.63) is 0 Å². The lowest BCUT2D eigenvalue weighted by Crippen LogP contribution is -2.07. The minimum atomic E-state index is -2.22. The quantitative estimate of drug-likeness (QED) is 0.333. The van der Waals surface area contributed by atoms with Gasteiger partial charge in [-0.05, 0) is 0 Å². The summed E-state index contributed by atoms with van der Waals surface area (Å²) in [6, 6.07) is 0. The molecular formula is C3HFO4. The van der Waals surface area contributed by atoms with Crippen LogP contribution in [0.1, 0.15) is 0 Å². The molecule has 0 saturated carbocycles. The first-order valence-electron chi connectivity index (χ1n) is 1.76. The van der Waals surface area contributed by atoms with Crippen LogP contribution in [0.15, 0.2) is 0 Å². The van der Waals surface area contributed by atoms with Crippen molar-refractivity contribution in [2.75, 3.05) is 0 Å². The molecule has 1 aliphatic heterocycles. The van der Waals surface area contributed by atoms with Crippen molar-refractivity contribution in [1.29, 1.82) is 0 Å². The number of ether oxygens (including phenoxy) is 2. The fourth-order valence-corrected chi connectivity index (χ4v) is 0.285. The number of carbonyl (C=O) groups excluding carboxylic acids is 2. The Hall–Kier alpha value is -1.13. The van der Waals surface area contributed by atoms with E-state index in [9.17, 15) is 14.0 Å². The largest absolute Gasteiger partial charge is 0.519 e. The molecule has 0 aromatic carbocycles. The molecule has 1 atom stereocenters. The molecule has 5 heteroatoms. The predicted octanol–water partition coefficient (Wildman–Crippen LogP) is -0.0246. The number of halogens is 1. The van der Waals surface area contributed by atoms with Crippen LogP contribution in [0.3, 0.4) is 0 Å². The van der Waals surface area contributed by atoms with Gasteiger partial charge in [-0.15, -0.1) is 0 Å². The maximum Gasteiger partial charge on any atom is 0.519 e. The number of cyclic esters (lactones) is 3. The predicted molar refractivity (Wildman–Crippen MR) is 17.5 cm³/mol. The summed E-state index contributed by atoms with van der Waals surface area (Å²) >= 11 is 0. The third-order valence-electron chi connectivity index (χ3n) is 0.569. The lowest BCUT2D eigenvalue weighted by atomic mass is 10.7. The van der Waals surface area contributed by atoms with Gasteiger partial charge in [-0.2, -0.15) is 4.39 Å². The van der Waals surface area contributed by atoms with E-state index in [1.807, 2.05) is 0 Å². The van der Waals surface area contributed by atoms with Gasteiger partial charge in [0.25, 0.3) is 0 Å². The Morgan fingerprint density at radius 3 is 2.25 bits per heavy atom. The highest BCUT2D eigenvalue weighted by Gasteiger charge is 2.34. The van der Waals surface area contributed by atoms with Gasteiger partial charge >= 0.3 is 18.5 Å². The molecule has 0 aromatic heterocycles. The normalized spacial score (nSPS) is 27.4. The van der Waals surface area contributed by atoms with Gasteiger partial charge in [-0.25, -0.2) is 9.59 Å². The Morgan fingerprint density at radius 2 is 2.12 bits per heavy atom. The van der Waals surface area contributed by atoms with Crippen molar-refractivity contribution in [2.45, 2.75) is 6.36 Å². The molecule has 0 spiro atoms. The number of hydrogen-bond acceptors (Lipinski definition) is 4. The van der Waals surface area contributed by atoms with Gasteiger partial charge in [-0.3, -0.25) is 0 Å². The SMILES string of the molecule is O=C1OC(=O)C(F)O1. The number of rotatable bonds is 0. The van der Waals surface area contributed by atoms with Crippen LogP contribution < -0.4 is 0 Å². The van der Waals surface area contributed by atoms with Crippen LogP contribution in [0, 0.1) is 0 Å². The molecule has 1 saturated heterocycles. The van der Waals surface area contributed by atoms with Crippen molar-refractivity contribution in [3.63, 3.8) is 0 Å². The first-order chi connectivity index (χ1) is 3.70. The zero-order valence-electron chi connectivity index (χ0n) is 3.59. The Labute approximate surface area is 43.2 Å². The molecule has 1 unspecified atom stereocenters. The van der Waals surface area contributed by atoms with Gasteiger partial charge < -0.3 is 9.47 Å². The number of hydrogen-bond donors (Lipinski definition) is 0. The second-order valence-electron chi connectivity index (χ2n) is 1.10. The molecule has 44 valence electrons. The second kappa shape index (κ2) is 1.43. The Kier molecular flexibility index (Phi) is 0.896. The van der Waals surface area contributed by atoms with Crippen LogP contribution in [-0.2, 0) is 14.3 Å². The lowest BCUT2D eigenvalue weighted by Gasteiger charge is -1.83. The van der Waals surface area contributed by atoms with E-state index >= 15 is 0 Å². The van der Waals surface area contributed by atoms with E-state index in [4.69, 9.17) is 0 Å². The van der Waals surface area contributed by atoms with E-state index in [1.165, 1.54) is 0 Å². The molecule has 0 radical (unpaired) electrons. The minimum Gasteiger partial charge on any atom is -0.387 e. The summed E-state index contributed by atoms with van der Waals surface area (Å²) in [5, 5.41) is 0. The first-order valence-corrected chi connectivity index (χ1v) is 1.76. The molecule has 1 heterocycles. The van der Waals surface area contributed by atoms with Crippen LogP contribution in [0.25, 0.3) is 0 Å². The maximum atomic E-state index is 11.6. The van der Waals surface area contributed by atoms with Gasteiger partial charge in [0.15, 0.2) is 0 Å². The molecule has 1 rings (SSSR count). The van der Waals surface area contributed by atoms with E-state index < -0.39 is 18.5 Å². The van der Waals surface area contributed by atoms with E-state index in [0.29, 0.717) is 0 Å². The molecule has 0 amide bonds. The average molecular weight is 120 g/mol. The molecule has 1 aliphatic rings. The summed E-state index contributed by atoms with van der Waals surface area (Å²) in [6.07, 6.45) is -3.50. The van der Waals surface area contributed by atoms with E-state index in [-0.39, 0.29) is 0 Å². The molecule has 0 bridgehead atoms. The third kappa shape index (κ3) is 0.617. The Balaban J connectivity index is 2.64. The van der Waals surface area contributed by atoms with Crippen molar-refractivity contribution >= 4 is 12.1 Å². The zero-order valence-corrected chi connectivity index (χ0v) is 3.59. The fourth-order valence-electron chi connectivity index (χ4n) is 0.285. The van der Waals surface area contributed by atoms with Gasteiger partial charge in [0, 0.05) is 0 Å². The number of carbonyl (C=O) groups is 2. The first kappa shape index (κ1) is 5.02. The molecule has 0 N–H and O–H groups in total. The van der Waals surface area contributed by atoms with Crippen LogP contribution >= 0.6 is 0 Å². The monoisotopic (exact) mass is 120 g/mol. The van der Waals surface area contributed by atoms with Crippen molar-refractivity contribution in [2.24, 2.45) is 0 Å². The third-order valence-corrected chi connectivity index (χ3v) is 0.569. The maximum absolute atomic E-state index is 11.6. The minimum absolute atomic E-state index is 1.28. The topological polar surface area (TPSA) is 52.6 Å². The molecule has 0 aromatic rings. The van der Waals surface area contributed by atoms with Gasteiger partial charge in [0.1, 0.15) is 0 Å². The summed E-state index contributed by atoms with van der Waals surface area (Å²) in [5.74, 6) is -1.28. The molecule has 0 aliphatic carbocycles. The number of esters is 1. The Bertz CT molecular complexity index is 142. The summed E-state index contributed by atoms with van der Waals surface area (Å²) in [7, 11) is 0. The summed E-state index contributed by atoms with van der Waals surface area (Å²) in [5.41, 5.74) is 0. The summed E-state index contributed by atoms with van der Waals surface area (Å²) in [4.78, 5) is 19.6. The van der Waals surface area contributed by atoms with E-state index in [0.717, 1.165) is 0 Å². The van der Waals surface area contributed by atoms with E-state index in [1.54, 1.807) is 0 Å². The molecule has 8 heavy (non-hydrogen) atoms. The van der Waals surface area contributed by atoms with Crippen molar-refractivity contribution in [3.8, 4) is 0 Å².